The topological polar surface area (TPSA) is 124 Å². The fraction of sp³-hybridized carbons (Fsp3) is 0.750. The zero-order valence-corrected chi connectivity index (χ0v) is 15.4. The number of carbonyl (C=O) groups excluding carboxylic acids is 4. The lowest BCUT2D eigenvalue weighted by Gasteiger charge is -2.33. The average molecular weight is 376 g/mol. The largest absolute Gasteiger partial charge is 0.463 e. The van der Waals surface area contributed by atoms with Crippen LogP contribution >= 0.6 is 0 Å². The number of ether oxygens (including phenoxy) is 6. The van der Waals surface area contributed by atoms with Crippen LogP contribution in [0.1, 0.15) is 34.6 Å². The summed E-state index contributed by atoms with van der Waals surface area (Å²) in [4.78, 5) is 45.4. The summed E-state index contributed by atoms with van der Waals surface area (Å²) < 4.78 is 31.8. The second kappa shape index (κ2) is 9.48. The van der Waals surface area contributed by atoms with Crippen molar-refractivity contribution in [3.63, 3.8) is 0 Å². The van der Waals surface area contributed by atoms with Crippen molar-refractivity contribution < 1.29 is 47.6 Å². The van der Waals surface area contributed by atoms with E-state index in [9.17, 15) is 19.2 Å². The molecule has 4 atom stereocenters. The molecule has 10 nitrogen and oxygen atoms in total. The van der Waals surface area contributed by atoms with E-state index < -0.39 is 54.6 Å². The summed E-state index contributed by atoms with van der Waals surface area (Å²) in [6, 6.07) is 0. The van der Waals surface area contributed by atoms with Crippen LogP contribution in [-0.2, 0) is 47.6 Å². The quantitative estimate of drug-likeness (QED) is 0.426. The van der Waals surface area contributed by atoms with Crippen molar-refractivity contribution in [1.82, 2.24) is 0 Å². The average Bonchev–Trinajstić information content (AvgIpc) is 2.77. The van der Waals surface area contributed by atoms with Crippen molar-refractivity contribution in [2.75, 3.05) is 19.8 Å². The van der Waals surface area contributed by atoms with Crippen LogP contribution in [0, 0.1) is 0 Å². The van der Waals surface area contributed by atoms with E-state index in [2.05, 4.69) is 0 Å². The molecule has 0 aromatic carbocycles. The molecule has 0 N–H and O–H groups in total. The maximum atomic E-state index is 11.6. The van der Waals surface area contributed by atoms with E-state index in [0.717, 1.165) is 6.92 Å². The van der Waals surface area contributed by atoms with Crippen LogP contribution in [0.2, 0.25) is 0 Å². The van der Waals surface area contributed by atoms with Crippen LogP contribution in [0.15, 0.2) is 0 Å². The Morgan fingerprint density at radius 3 is 1.92 bits per heavy atom. The van der Waals surface area contributed by atoms with Crippen LogP contribution in [0.5, 0.6) is 0 Å². The molecule has 0 spiro atoms. The molecular weight excluding hydrogens is 352 g/mol. The number of esters is 4. The molecular formula is C16H24O10. The molecule has 0 aromatic heterocycles. The summed E-state index contributed by atoms with van der Waals surface area (Å²) in [6.45, 7) is 5.80. The Morgan fingerprint density at radius 1 is 0.885 bits per heavy atom. The highest BCUT2D eigenvalue weighted by Gasteiger charge is 2.61. The van der Waals surface area contributed by atoms with Crippen molar-refractivity contribution >= 4 is 23.9 Å². The minimum Gasteiger partial charge on any atom is -0.463 e. The predicted molar refractivity (Wildman–Crippen MR) is 83.6 cm³/mol. The van der Waals surface area contributed by atoms with Gasteiger partial charge in [-0.3, -0.25) is 19.2 Å². The van der Waals surface area contributed by atoms with Gasteiger partial charge in [0.2, 0.25) is 5.79 Å². The van der Waals surface area contributed by atoms with Gasteiger partial charge in [-0.25, -0.2) is 0 Å². The first kappa shape index (κ1) is 21.8. The van der Waals surface area contributed by atoms with Gasteiger partial charge in [0.15, 0.2) is 12.2 Å². The molecule has 1 aliphatic rings. The van der Waals surface area contributed by atoms with Gasteiger partial charge in [0, 0.05) is 34.3 Å². The van der Waals surface area contributed by atoms with Crippen molar-refractivity contribution in [3.8, 4) is 0 Å². The molecule has 1 saturated heterocycles. The Labute approximate surface area is 151 Å². The first-order chi connectivity index (χ1) is 12.1. The van der Waals surface area contributed by atoms with Gasteiger partial charge in [-0.15, -0.1) is 0 Å². The fourth-order valence-corrected chi connectivity index (χ4v) is 2.55. The van der Waals surface area contributed by atoms with Crippen LogP contribution in [0.4, 0.5) is 0 Å². The Kier molecular flexibility index (Phi) is 7.97. The summed E-state index contributed by atoms with van der Waals surface area (Å²) in [5.41, 5.74) is 0. The van der Waals surface area contributed by atoms with Gasteiger partial charge in [-0.05, 0) is 6.92 Å². The number of hydrogen-bond donors (Lipinski definition) is 0. The van der Waals surface area contributed by atoms with E-state index in [1.807, 2.05) is 0 Å². The Bertz CT molecular complexity index is 545. The van der Waals surface area contributed by atoms with Crippen molar-refractivity contribution in [1.29, 1.82) is 0 Å². The summed E-state index contributed by atoms with van der Waals surface area (Å²) in [5, 5.41) is 0. The molecule has 1 rings (SSSR count). The van der Waals surface area contributed by atoms with E-state index in [4.69, 9.17) is 28.4 Å². The molecule has 0 aromatic rings. The Morgan fingerprint density at radius 2 is 1.46 bits per heavy atom. The van der Waals surface area contributed by atoms with E-state index >= 15 is 0 Å². The van der Waals surface area contributed by atoms with Crippen molar-refractivity contribution in [3.05, 3.63) is 0 Å². The van der Waals surface area contributed by atoms with Crippen LogP contribution in [-0.4, -0.2) is 67.8 Å². The van der Waals surface area contributed by atoms with E-state index in [-0.39, 0.29) is 13.2 Å². The van der Waals surface area contributed by atoms with Gasteiger partial charge >= 0.3 is 23.9 Å². The molecule has 148 valence electrons. The lowest BCUT2D eigenvalue weighted by Crippen LogP contribution is -2.52. The number of carbonyl (C=O) groups is 4. The van der Waals surface area contributed by atoms with Crippen LogP contribution in [0.3, 0.4) is 0 Å². The molecule has 0 radical (unpaired) electrons. The monoisotopic (exact) mass is 376 g/mol. The molecule has 0 unspecified atom stereocenters. The number of rotatable bonds is 8. The minimum atomic E-state index is -1.71. The molecule has 1 aliphatic heterocycles. The first-order valence-electron chi connectivity index (χ1n) is 8.04. The first-order valence-corrected chi connectivity index (χ1v) is 8.04. The van der Waals surface area contributed by atoms with Gasteiger partial charge in [-0.2, -0.15) is 0 Å². The van der Waals surface area contributed by atoms with Gasteiger partial charge in [0.25, 0.3) is 0 Å². The fourth-order valence-electron chi connectivity index (χ4n) is 2.55. The minimum absolute atomic E-state index is 0.117. The maximum Gasteiger partial charge on any atom is 0.303 e. The molecule has 0 saturated carbocycles. The zero-order chi connectivity index (χ0) is 19.9. The predicted octanol–water partition coefficient (Wildman–Crippen LogP) is 0.108. The Hall–Kier alpha value is -2.20. The molecule has 0 aliphatic carbocycles. The third-order valence-corrected chi connectivity index (χ3v) is 3.36. The smallest absolute Gasteiger partial charge is 0.303 e. The van der Waals surface area contributed by atoms with E-state index in [1.165, 1.54) is 20.8 Å². The van der Waals surface area contributed by atoms with E-state index in [1.54, 1.807) is 6.92 Å². The zero-order valence-electron chi connectivity index (χ0n) is 15.4. The summed E-state index contributed by atoms with van der Waals surface area (Å²) in [6.07, 6.45) is -3.35. The van der Waals surface area contributed by atoms with E-state index in [0.29, 0.717) is 0 Å². The third-order valence-electron chi connectivity index (χ3n) is 3.36. The molecule has 1 heterocycles. The normalized spacial score (nSPS) is 27.5. The van der Waals surface area contributed by atoms with Crippen molar-refractivity contribution in [2.24, 2.45) is 0 Å². The van der Waals surface area contributed by atoms with Crippen LogP contribution < -0.4 is 0 Å². The molecule has 26 heavy (non-hydrogen) atoms. The Balaban J connectivity index is 3.23. The summed E-state index contributed by atoms with van der Waals surface area (Å²) >= 11 is 0. The summed E-state index contributed by atoms with van der Waals surface area (Å²) in [7, 11) is 0. The SMILES string of the molecule is CCO[C@@]1(COC(C)=O)O[C@@H](COC(C)=O)[C@@H](OC(C)=O)[C@@H]1OC(C)=O. The standard InChI is InChI=1S/C16H24O10/c1-6-23-16(8-22-10(3)18)15(25-12(5)20)14(24-11(4)19)13(26-16)7-21-9(2)17/h13-15H,6-8H2,1-5H3/t13-,14+,15-,16-/m0/s1. The van der Waals surface area contributed by atoms with Crippen molar-refractivity contribution in [2.45, 2.75) is 58.7 Å². The molecule has 10 heteroatoms. The second-order valence-electron chi connectivity index (χ2n) is 5.59. The highest BCUT2D eigenvalue weighted by Crippen LogP contribution is 2.37. The third kappa shape index (κ3) is 5.95. The molecule has 1 fully saturated rings. The number of hydrogen-bond acceptors (Lipinski definition) is 10. The van der Waals surface area contributed by atoms with Gasteiger partial charge in [-0.1, -0.05) is 0 Å². The molecule has 0 amide bonds. The maximum absolute atomic E-state index is 11.6. The van der Waals surface area contributed by atoms with Gasteiger partial charge in [0.1, 0.15) is 19.3 Å². The second-order valence-corrected chi connectivity index (χ2v) is 5.59. The van der Waals surface area contributed by atoms with Gasteiger partial charge in [0.05, 0.1) is 0 Å². The highest BCUT2D eigenvalue weighted by atomic mass is 16.8. The lowest BCUT2D eigenvalue weighted by molar-refractivity contribution is -0.280. The highest BCUT2D eigenvalue weighted by molar-refractivity contribution is 5.68. The molecule has 0 bridgehead atoms. The lowest BCUT2D eigenvalue weighted by atomic mass is 10.0. The van der Waals surface area contributed by atoms with Crippen LogP contribution in [0.25, 0.3) is 0 Å². The summed E-state index contributed by atoms with van der Waals surface area (Å²) in [5.74, 6) is -4.24. The van der Waals surface area contributed by atoms with Gasteiger partial charge < -0.3 is 28.4 Å².